The molecule has 1 atom stereocenters. The number of carbonyl (C=O) groups excluding carboxylic acids is 2. The second kappa shape index (κ2) is 12.4. The molecule has 8 nitrogen and oxygen atoms in total. The first kappa shape index (κ1) is 27.4. The van der Waals surface area contributed by atoms with Gasteiger partial charge in [-0.15, -0.1) is 0 Å². The number of para-hydroxylation sites is 1. The first-order chi connectivity index (χ1) is 19.5. The number of Topliss-reactive ketones (excluding diaryl/α,β-unsaturated/α-hetero) is 1. The summed E-state index contributed by atoms with van der Waals surface area (Å²) in [6, 6.07) is 21.2. The van der Waals surface area contributed by atoms with E-state index < -0.39 is 17.7 Å². The summed E-state index contributed by atoms with van der Waals surface area (Å²) in [5.74, 6) is 0.391. The molecule has 0 aromatic heterocycles. The van der Waals surface area contributed by atoms with Gasteiger partial charge in [-0.1, -0.05) is 30.3 Å². The summed E-state index contributed by atoms with van der Waals surface area (Å²) in [6.07, 6.45) is 0.686. The summed E-state index contributed by atoms with van der Waals surface area (Å²) in [5.41, 5.74) is 2.01. The van der Waals surface area contributed by atoms with E-state index in [0.29, 0.717) is 54.6 Å². The number of morpholine rings is 1. The number of aliphatic hydroxyl groups is 1. The molecule has 5 rings (SSSR count). The van der Waals surface area contributed by atoms with Crippen LogP contribution in [0.3, 0.4) is 0 Å². The van der Waals surface area contributed by atoms with Crippen LogP contribution in [0.5, 0.6) is 17.2 Å². The second-order valence-electron chi connectivity index (χ2n) is 9.97. The molecule has 3 aromatic rings. The molecule has 2 heterocycles. The summed E-state index contributed by atoms with van der Waals surface area (Å²) in [4.78, 5) is 30.7. The number of ether oxygens (including phenoxy) is 3. The van der Waals surface area contributed by atoms with Gasteiger partial charge in [0.2, 0.25) is 0 Å². The fourth-order valence-electron chi connectivity index (χ4n) is 5.30. The minimum absolute atomic E-state index is 0.0674. The van der Waals surface area contributed by atoms with Crippen LogP contribution in [0.1, 0.15) is 29.2 Å². The van der Waals surface area contributed by atoms with Gasteiger partial charge in [-0.05, 0) is 66.9 Å². The Balaban J connectivity index is 1.51. The Morgan fingerprint density at radius 2 is 1.70 bits per heavy atom. The third-order valence-electron chi connectivity index (χ3n) is 7.34. The zero-order chi connectivity index (χ0) is 28.1. The van der Waals surface area contributed by atoms with Crippen molar-refractivity contribution in [2.24, 2.45) is 0 Å². The predicted octanol–water partition coefficient (Wildman–Crippen LogP) is 4.94. The Bertz CT molecular complexity index is 1400. The van der Waals surface area contributed by atoms with Gasteiger partial charge >= 0.3 is 0 Å². The molecule has 0 saturated carbocycles. The first-order valence-corrected chi connectivity index (χ1v) is 13.5. The summed E-state index contributed by atoms with van der Waals surface area (Å²) in [5, 5.41) is 11.5. The van der Waals surface area contributed by atoms with Crippen LogP contribution in [-0.2, 0) is 14.3 Å². The standard InChI is InChI=1S/C32H34N2O6/c1-22-20-24(12-13-27(22)38-2)30(35)28-29(23-8-6-11-26(21-23)40-25-9-4-3-5-10-25)34(32(37)31(28)36)15-7-14-33-16-18-39-19-17-33/h3-6,8-13,20-21,29,35H,7,14-19H2,1-2H3/b30-28+/t29-/m0/s1. The topological polar surface area (TPSA) is 88.5 Å². The SMILES string of the molecule is COc1ccc(/C(O)=C2\C(=O)C(=O)N(CCCN3CCOCC3)[C@H]2c2cccc(Oc3ccccc3)c2)cc1C. The molecule has 0 aliphatic carbocycles. The number of ketones is 1. The lowest BCUT2D eigenvalue weighted by Gasteiger charge is -2.29. The van der Waals surface area contributed by atoms with E-state index >= 15 is 0 Å². The number of nitrogens with zero attached hydrogens (tertiary/aromatic N) is 2. The number of rotatable bonds is 9. The van der Waals surface area contributed by atoms with Gasteiger partial charge in [0, 0.05) is 31.7 Å². The fourth-order valence-corrected chi connectivity index (χ4v) is 5.30. The molecular formula is C32H34N2O6. The van der Waals surface area contributed by atoms with E-state index in [9.17, 15) is 14.7 Å². The normalized spacial score (nSPS) is 19.1. The van der Waals surface area contributed by atoms with Crippen molar-refractivity contribution in [2.75, 3.05) is 46.5 Å². The highest BCUT2D eigenvalue weighted by Crippen LogP contribution is 2.41. The Morgan fingerprint density at radius 3 is 2.42 bits per heavy atom. The maximum Gasteiger partial charge on any atom is 0.295 e. The number of hydrogen-bond donors (Lipinski definition) is 1. The van der Waals surface area contributed by atoms with Crippen LogP contribution < -0.4 is 9.47 Å². The van der Waals surface area contributed by atoms with Crippen molar-refractivity contribution >= 4 is 17.4 Å². The van der Waals surface area contributed by atoms with Crippen LogP contribution in [0.4, 0.5) is 0 Å². The third kappa shape index (κ3) is 5.88. The molecule has 0 bridgehead atoms. The van der Waals surface area contributed by atoms with Crippen LogP contribution in [-0.4, -0.2) is 73.1 Å². The number of benzene rings is 3. The van der Waals surface area contributed by atoms with Gasteiger partial charge in [0.1, 0.15) is 23.0 Å². The second-order valence-corrected chi connectivity index (χ2v) is 9.97. The van der Waals surface area contributed by atoms with E-state index in [4.69, 9.17) is 14.2 Å². The maximum atomic E-state index is 13.5. The van der Waals surface area contributed by atoms with E-state index in [1.54, 1.807) is 30.2 Å². The highest BCUT2D eigenvalue weighted by atomic mass is 16.5. The predicted molar refractivity (Wildman–Crippen MR) is 152 cm³/mol. The van der Waals surface area contributed by atoms with Crippen molar-refractivity contribution < 1.29 is 28.9 Å². The molecule has 2 saturated heterocycles. The molecule has 1 N–H and O–H groups in total. The smallest absolute Gasteiger partial charge is 0.295 e. The number of aryl methyl sites for hydroxylation is 1. The van der Waals surface area contributed by atoms with Crippen molar-refractivity contribution in [2.45, 2.75) is 19.4 Å². The van der Waals surface area contributed by atoms with Gasteiger partial charge in [0.15, 0.2) is 0 Å². The lowest BCUT2D eigenvalue weighted by molar-refractivity contribution is -0.140. The lowest BCUT2D eigenvalue weighted by Crippen LogP contribution is -2.38. The number of methoxy groups -OCH3 is 1. The van der Waals surface area contributed by atoms with E-state index in [1.807, 2.05) is 61.5 Å². The van der Waals surface area contributed by atoms with Gasteiger partial charge in [0.25, 0.3) is 11.7 Å². The number of likely N-dealkylation sites (tertiary alicyclic amines) is 1. The summed E-state index contributed by atoms with van der Waals surface area (Å²) in [6.45, 7) is 6.10. The van der Waals surface area contributed by atoms with E-state index in [-0.39, 0.29) is 11.3 Å². The van der Waals surface area contributed by atoms with E-state index in [2.05, 4.69) is 4.90 Å². The molecule has 2 fully saturated rings. The van der Waals surface area contributed by atoms with Crippen LogP contribution in [0.2, 0.25) is 0 Å². The number of amides is 1. The van der Waals surface area contributed by atoms with Gasteiger partial charge in [0.05, 0.1) is 31.9 Å². The molecule has 8 heteroatoms. The molecule has 40 heavy (non-hydrogen) atoms. The van der Waals surface area contributed by atoms with Crippen LogP contribution in [0, 0.1) is 6.92 Å². The van der Waals surface area contributed by atoms with E-state index in [0.717, 1.165) is 25.2 Å². The van der Waals surface area contributed by atoms with Gasteiger partial charge in [-0.25, -0.2) is 0 Å². The zero-order valence-electron chi connectivity index (χ0n) is 22.8. The molecule has 2 aliphatic rings. The van der Waals surface area contributed by atoms with Crippen LogP contribution >= 0.6 is 0 Å². The number of carbonyl (C=O) groups is 2. The van der Waals surface area contributed by atoms with Crippen molar-refractivity contribution in [3.8, 4) is 17.2 Å². The quantitative estimate of drug-likeness (QED) is 0.233. The van der Waals surface area contributed by atoms with Crippen molar-refractivity contribution in [1.29, 1.82) is 0 Å². The van der Waals surface area contributed by atoms with Gasteiger partial charge in [-0.3, -0.25) is 14.5 Å². The Kier molecular flexibility index (Phi) is 8.48. The van der Waals surface area contributed by atoms with Gasteiger partial charge in [-0.2, -0.15) is 0 Å². The van der Waals surface area contributed by atoms with E-state index in [1.165, 1.54) is 0 Å². The third-order valence-corrected chi connectivity index (χ3v) is 7.34. The molecular weight excluding hydrogens is 508 g/mol. The Morgan fingerprint density at radius 1 is 0.950 bits per heavy atom. The van der Waals surface area contributed by atoms with Crippen LogP contribution in [0.15, 0.2) is 78.4 Å². The minimum Gasteiger partial charge on any atom is -0.507 e. The highest BCUT2D eigenvalue weighted by Gasteiger charge is 2.46. The Hall–Kier alpha value is -4.14. The monoisotopic (exact) mass is 542 g/mol. The Labute approximate surface area is 234 Å². The fraction of sp³-hybridized carbons (Fsp3) is 0.312. The summed E-state index contributed by atoms with van der Waals surface area (Å²) in [7, 11) is 1.58. The number of hydrogen-bond acceptors (Lipinski definition) is 7. The van der Waals surface area contributed by atoms with Crippen molar-refractivity contribution in [3.05, 3.63) is 95.1 Å². The summed E-state index contributed by atoms with van der Waals surface area (Å²) >= 11 is 0. The molecule has 0 unspecified atom stereocenters. The van der Waals surface area contributed by atoms with Crippen molar-refractivity contribution in [1.82, 2.24) is 9.80 Å². The molecule has 1 amide bonds. The van der Waals surface area contributed by atoms with Crippen molar-refractivity contribution in [3.63, 3.8) is 0 Å². The highest BCUT2D eigenvalue weighted by molar-refractivity contribution is 6.46. The number of aliphatic hydroxyl groups excluding tert-OH is 1. The average Bonchev–Trinajstić information content (AvgIpc) is 3.23. The molecule has 0 radical (unpaired) electrons. The zero-order valence-corrected chi connectivity index (χ0v) is 22.8. The molecule has 2 aliphatic heterocycles. The molecule has 208 valence electrons. The minimum atomic E-state index is -0.758. The maximum absolute atomic E-state index is 13.5. The molecule has 3 aromatic carbocycles. The van der Waals surface area contributed by atoms with Crippen LogP contribution in [0.25, 0.3) is 5.76 Å². The first-order valence-electron chi connectivity index (χ1n) is 13.5. The van der Waals surface area contributed by atoms with Gasteiger partial charge < -0.3 is 24.2 Å². The average molecular weight is 543 g/mol. The molecule has 0 spiro atoms. The largest absolute Gasteiger partial charge is 0.507 e. The summed E-state index contributed by atoms with van der Waals surface area (Å²) < 4.78 is 16.8. The lowest BCUT2D eigenvalue weighted by atomic mass is 9.94.